The zero-order valence-electron chi connectivity index (χ0n) is 7.77. The minimum absolute atomic E-state index is 0.178. The molecule has 3 unspecified atom stereocenters. The van der Waals surface area contributed by atoms with Crippen LogP contribution >= 0.6 is 26.8 Å². The third-order valence-electron chi connectivity index (χ3n) is 2.92. The Labute approximate surface area is 95.3 Å². The maximum atomic E-state index is 6.14. The van der Waals surface area contributed by atoms with Crippen LogP contribution in [0.3, 0.4) is 0 Å². The van der Waals surface area contributed by atoms with Gasteiger partial charge in [-0.15, -0.1) is 0 Å². The molecule has 2 N–H and O–H groups in total. The fourth-order valence-electron chi connectivity index (χ4n) is 2.20. The zero-order valence-corrected chi connectivity index (χ0v) is 12.9. The van der Waals surface area contributed by atoms with Crippen LogP contribution in [0.25, 0.3) is 0 Å². The zero-order chi connectivity index (χ0) is 10.1. The number of nitrogens with two attached hydrogens (primary N) is 1. The summed E-state index contributed by atoms with van der Waals surface area (Å²) < 4.78 is 0.341. The first-order chi connectivity index (χ1) is 5.93. The summed E-state index contributed by atoms with van der Waals surface area (Å²) in [7, 11) is 18.4. The summed E-state index contributed by atoms with van der Waals surface area (Å²) in [5, 5.41) is 0. The molecule has 5 heteroatoms. The molecular formula is C8H16Cl3NSn. The van der Waals surface area contributed by atoms with E-state index in [0.29, 0.717) is 9.85 Å². The molecule has 0 bridgehead atoms. The molecule has 0 aromatic heterocycles. The summed E-state index contributed by atoms with van der Waals surface area (Å²) in [5.41, 5.74) is 5.91. The van der Waals surface area contributed by atoms with E-state index in [1.807, 2.05) is 6.92 Å². The van der Waals surface area contributed by atoms with Crippen molar-refractivity contribution in [2.24, 2.45) is 11.7 Å². The summed E-state index contributed by atoms with van der Waals surface area (Å²) >= 11 is -3.27. The van der Waals surface area contributed by atoms with E-state index >= 15 is 0 Å². The Balaban J connectivity index is 2.67. The summed E-state index contributed by atoms with van der Waals surface area (Å²) in [6, 6.07) is 0.178. The van der Waals surface area contributed by atoms with Crippen LogP contribution in [0.4, 0.5) is 0 Å². The summed E-state index contributed by atoms with van der Waals surface area (Å²) in [5.74, 6) is 0.456. The molecule has 1 fully saturated rings. The molecule has 78 valence electrons. The van der Waals surface area contributed by atoms with Crippen LogP contribution in [-0.2, 0) is 0 Å². The van der Waals surface area contributed by atoms with Crippen molar-refractivity contribution in [2.45, 2.75) is 42.6 Å². The first-order valence-corrected chi connectivity index (χ1v) is 17.2. The van der Waals surface area contributed by atoms with E-state index < -0.39 is 15.0 Å². The van der Waals surface area contributed by atoms with Crippen molar-refractivity contribution in [1.29, 1.82) is 0 Å². The predicted octanol–water partition coefficient (Wildman–Crippen LogP) is 3.55. The average molecular weight is 351 g/mol. The van der Waals surface area contributed by atoms with Gasteiger partial charge in [0.25, 0.3) is 0 Å². The topological polar surface area (TPSA) is 26.0 Å². The van der Waals surface area contributed by atoms with Crippen molar-refractivity contribution in [3.8, 4) is 0 Å². The second-order valence-corrected chi connectivity index (χ2v) is 25.1. The Morgan fingerprint density at radius 3 is 2.15 bits per heavy atom. The second kappa shape index (κ2) is 5.11. The Kier molecular flexibility index (Phi) is 4.99. The van der Waals surface area contributed by atoms with E-state index in [4.69, 9.17) is 32.5 Å². The number of hydrogen-bond acceptors (Lipinski definition) is 1. The molecule has 1 aliphatic carbocycles. The van der Waals surface area contributed by atoms with Gasteiger partial charge in [-0.05, 0) is 0 Å². The summed E-state index contributed by atoms with van der Waals surface area (Å²) in [6.45, 7) is 2.03. The van der Waals surface area contributed by atoms with E-state index in [0.717, 1.165) is 12.8 Å². The molecule has 1 saturated carbocycles. The summed E-state index contributed by atoms with van der Waals surface area (Å²) in [4.78, 5) is 0. The Morgan fingerprint density at radius 1 is 1.23 bits per heavy atom. The third-order valence-corrected chi connectivity index (χ3v) is 13.0. The molecule has 13 heavy (non-hydrogen) atoms. The maximum absolute atomic E-state index is 6.14. The van der Waals surface area contributed by atoms with Crippen LogP contribution in [0, 0.1) is 5.92 Å². The second-order valence-electron chi connectivity index (χ2n) is 3.96. The minimum atomic E-state index is -3.27. The molecule has 0 saturated heterocycles. The van der Waals surface area contributed by atoms with E-state index in [1.54, 1.807) is 0 Å². The van der Waals surface area contributed by atoms with Crippen molar-refractivity contribution >= 4 is 41.8 Å². The van der Waals surface area contributed by atoms with Crippen molar-refractivity contribution in [3.63, 3.8) is 0 Å². The summed E-state index contributed by atoms with van der Waals surface area (Å²) in [6.07, 6.45) is 4.68. The van der Waals surface area contributed by atoms with Gasteiger partial charge in [-0.1, -0.05) is 0 Å². The molecule has 0 aromatic rings. The van der Waals surface area contributed by atoms with Gasteiger partial charge in [0.2, 0.25) is 0 Å². The third kappa shape index (κ3) is 3.60. The fraction of sp³-hybridized carbons (Fsp3) is 1.00. The molecule has 0 radical (unpaired) electrons. The monoisotopic (exact) mass is 351 g/mol. The molecule has 1 rings (SSSR count). The van der Waals surface area contributed by atoms with Crippen LogP contribution < -0.4 is 5.73 Å². The molecule has 0 aromatic carbocycles. The number of rotatable bonds is 2. The Bertz CT molecular complexity index is 169. The van der Waals surface area contributed by atoms with Gasteiger partial charge in [0.15, 0.2) is 0 Å². The predicted molar refractivity (Wildman–Crippen MR) is 62.7 cm³/mol. The molecular weight excluding hydrogens is 335 g/mol. The molecule has 0 amide bonds. The Hall–Kier alpha value is 1.63. The molecule has 0 heterocycles. The number of hydrogen-bond donors (Lipinski definition) is 1. The van der Waals surface area contributed by atoms with E-state index in [-0.39, 0.29) is 6.04 Å². The molecule has 1 nitrogen and oxygen atoms in total. The van der Waals surface area contributed by atoms with Crippen LogP contribution in [0.15, 0.2) is 0 Å². The van der Waals surface area contributed by atoms with Crippen molar-refractivity contribution in [2.75, 3.05) is 0 Å². The van der Waals surface area contributed by atoms with Crippen molar-refractivity contribution in [1.82, 2.24) is 0 Å². The molecule has 0 aliphatic heterocycles. The SMILES string of the molecule is CC(N)C1CCCC[CH]1[Sn]([Cl])([Cl])[Cl]. The normalized spacial score (nSPS) is 33.0. The van der Waals surface area contributed by atoms with Gasteiger partial charge < -0.3 is 0 Å². The van der Waals surface area contributed by atoms with Gasteiger partial charge in [-0.3, -0.25) is 0 Å². The van der Waals surface area contributed by atoms with E-state index in [9.17, 15) is 0 Å². The number of halogens is 3. The van der Waals surface area contributed by atoms with Crippen molar-refractivity contribution in [3.05, 3.63) is 0 Å². The van der Waals surface area contributed by atoms with Gasteiger partial charge in [-0.2, -0.15) is 0 Å². The van der Waals surface area contributed by atoms with Gasteiger partial charge in [-0.25, -0.2) is 0 Å². The first kappa shape index (κ1) is 12.7. The first-order valence-electron chi connectivity index (χ1n) is 4.75. The van der Waals surface area contributed by atoms with Gasteiger partial charge in [0.1, 0.15) is 0 Å². The van der Waals surface area contributed by atoms with E-state index in [1.165, 1.54) is 12.8 Å². The van der Waals surface area contributed by atoms with Crippen LogP contribution in [-0.4, -0.2) is 21.0 Å². The molecule has 0 spiro atoms. The van der Waals surface area contributed by atoms with Gasteiger partial charge in [0, 0.05) is 0 Å². The van der Waals surface area contributed by atoms with Crippen LogP contribution in [0.5, 0.6) is 0 Å². The quantitative estimate of drug-likeness (QED) is 0.757. The Morgan fingerprint density at radius 2 is 1.77 bits per heavy atom. The molecule has 3 atom stereocenters. The standard InChI is InChI=1S/C8H16N.3ClH.Sn/c1-7(9)8-5-3-2-4-6-8;;;;/h5,7-8H,2-4,6,9H2,1H3;3*1H;/q;;;;+3/p-3. The van der Waals surface area contributed by atoms with Gasteiger partial charge >= 0.3 is 96.0 Å². The molecule has 1 aliphatic rings. The van der Waals surface area contributed by atoms with Gasteiger partial charge in [0.05, 0.1) is 0 Å². The van der Waals surface area contributed by atoms with E-state index in [2.05, 4.69) is 0 Å². The average Bonchev–Trinajstić information content (AvgIpc) is 2.03. The van der Waals surface area contributed by atoms with Crippen LogP contribution in [0.2, 0.25) is 3.93 Å². The van der Waals surface area contributed by atoms with Crippen LogP contribution in [0.1, 0.15) is 32.6 Å². The van der Waals surface area contributed by atoms with Crippen molar-refractivity contribution < 1.29 is 0 Å². The fourth-order valence-corrected chi connectivity index (χ4v) is 11.9.